The Labute approximate surface area is 101 Å². The summed E-state index contributed by atoms with van der Waals surface area (Å²) in [4.78, 5) is 11.8. The number of hydrogen-bond acceptors (Lipinski definition) is 3. The van der Waals surface area contributed by atoms with E-state index in [1.807, 2.05) is 18.2 Å². The van der Waals surface area contributed by atoms with Gasteiger partial charge in [-0.25, -0.2) is 0 Å². The molecule has 4 heteroatoms. The number of carbonyl (C=O) groups is 1. The maximum atomic E-state index is 11.8. The molecule has 0 saturated carbocycles. The lowest BCUT2D eigenvalue weighted by Crippen LogP contribution is -2.37. The zero-order valence-corrected chi connectivity index (χ0v) is 9.69. The van der Waals surface area contributed by atoms with Crippen molar-refractivity contribution in [3.05, 3.63) is 35.4 Å². The van der Waals surface area contributed by atoms with Crippen LogP contribution in [0.15, 0.2) is 24.3 Å². The van der Waals surface area contributed by atoms with Gasteiger partial charge in [-0.2, -0.15) is 0 Å². The van der Waals surface area contributed by atoms with E-state index in [9.17, 15) is 4.79 Å². The number of carbonyl (C=O) groups excluding carboxylic acids is 1. The van der Waals surface area contributed by atoms with Crippen LogP contribution in [-0.4, -0.2) is 37.4 Å². The van der Waals surface area contributed by atoms with Gasteiger partial charge < -0.3 is 15.2 Å². The molecule has 2 N–H and O–H groups in total. The highest BCUT2D eigenvalue weighted by Gasteiger charge is 2.31. The molecular formula is C13H17NO3. The Morgan fingerprint density at radius 3 is 3.00 bits per heavy atom. The normalized spacial score (nSPS) is 17.1. The van der Waals surface area contributed by atoms with Crippen LogP contribution in [0.1, 0.15) is 17.0 Å². The first-order chi connectivity index (χ1) is 8.33. The number of rotatable bonds is 6. The van der Waals surface area contributed by atoms with Crippen LogP contribution in [0.25, 0.3) is 0 Å². The van der Waals surface area contributed by atoms with Gasteiger partial charge in [0.1, 0.15) is 0 Å². The van der Waals surface area contributed by atoms with Crippen LogP contribution in [-0.2, 0) is 16.0 Å². The molecule has 1 aliphatic rings. The third-order valence-corrected chi connectivity index (χ3v) is 2.95. The molecule has 0 heterocycles. The first-order valence-electron chi connectivity index (χ1n) is 5.87. The van der Waals surface area contributed by atoms with E-state index in [1.54, 1.807) is 0 Å². The minimum Gasteiger partial charge on any atom is -0.394 e. The molecule has 0 spiro atoms. The Kier molecular flexibility index (Phi) is 4.12. The molecule has 0 aliphatic heterocycles. The van der Waals surface area contributed by atoms with E-state index in [-0.39, 0.29) is 18.4 Å². The summed E-state index contributed by atoms with van der Waals surface area (Å²) in [7, 11) is 0. The van der Waals surface area contributed by atoms with Crippen LogP contribution in [0, 0.1) is 0 Å². The zero-order valence-electron chi connectivity index (χ0n) is 9.69. The molecule has 1 aromatic carbocycles. The standard InChI is InChI=1S/C13H17NO3/c15-6-8-17-7-5-14-13(16)12-9-10-3-1-2-4-11(10)12/h1-4,12,15H,5-9H2,(H,14,16). The SMILES string of the molecule is O=C(NCCOCCO)C1Cc2ccccc21. The number of amides is 1. The molecule has 1 amide bonds. The molecule has 92 valence electrons. The van der Waals surface area contributed by atoms with Crippen LogP contribution in [0.2, 0.25) is 0 Å². The van der Waals surface area contributed by atoms with Crippen molar-refractivity contribution in [2.45, 2.75) is 12.3 Å². The van der Waals surface area contributed by atoms with Crippen LogP contribution in [0.5, 0.6) is 0 Å². The lowest BCUT2D eigenvalue weighted by molar-refractivity contribution is -0.123. The molecule has 1 unspecified atom stereocenters. The first-order valence-corrected chi connectivity index (χ1v) is 5.87. The van der Waals surface area contributed by atoms with Crippen molar-refractivity contribution in [2.24, 2.45) is 0 Å². The summed E-state index contributed by atoms with van der Waals surface area (Å²) in [5.41, 5.74) is 2.41. The predicted octanol–water partition coefficient (Wildman–Crippen LogP) is 0.451. The Morgan fingerprint density at radius 1 is 1.41 bits per heavy atom. The summed E-state index contributed by atoms with van der Waals surface area (Å²) in [6, 6.07) is 8.02. The van der Waals surface area contributed by atoms with Crippen LogP contribution >= 0.6 is 0 Å². The molecule has 4 nitrogen and oxygen atoms in total. The molecule has 1 aliphatic carbocycles. The molecule has 0 saturated heterocycles. The van der Waals surface area contributed by atoms with Gasteiger partial charge in [0.25, 0.3) is 0 Å². The van der Waals surface area contributed by atoms with Gasteiger partial charge in [-0.15, -0.1) is 0 Å². The van der Waals surface area contributed by atoms with E-state index < -0.39 is 0 Å². The van der Waals surface area contributed by atoms with E-state index in [0.29, 0.717) is 19.8 Å². The Morgan fingerprint density at radius 2 is 2.24 bits per heavy atom. The molecule has 1 atom stereocenters. The number of benzene rings is 1. The summed E-state index contributed by atoms with van der Waals surface area (Å²) >= 11 is 0. The van der Waals surface area contributed by atoms with Gasteiger partial charge in [0, 0.05) is 6.54 Å². The fourth-order valence-electron chi connectivity index (χ4n) is 2.03. The smallest absolute Gasteiger partial charge is 0.227 e. The first kappa shape index (κ1) is 12.1. The van der Waals surface area contributed by atoms with Gasteiger partial charge in [-0.3, -0.25) is 4.79 Å². The monoisotopic (exact) mass is 235 g/mol. The summed E-state index contributed by atoms with van der Waals surface area (Å²) in [6.07, 6.45) is 0.833. The van der Waals surface area contributed by atoms with E-state index in [4.69, 9.17) is 9.84 Å². The van der Waals surface area contributed by atoms with E-state index >= 15 is 0 Å². The average Bonchev–Trinajstić information content (AvgIpc) is 2.30. The zero-order chi connectivity index (χ0) is 12.1. The maximum absolute atomic E-state index is 11.8. The highest BCUT2D eigenvalue weighted by atomic mass is 16.5. The van der Waals surface area contributed by atoms with Crippen molar-refractivity contribution in [1.29, 1.82) is 0 Å². The average molecular weight is 235 g/mol. The third kappa shape index (κ3) is 2.84. The second-order valence-corrected chi connectivity index (χ2v) is 4.08. The lowest BCUT2D eigenvalue weighted by atomic mass is 9.77. The second kappa shape index (κ2) is 5.80. The van der Waals surface area contributed by atoms with Gasteiger partial charge in [-0.05, 0) is 17.5 Å². The van der Waals surface area contributed by atoms with Crippen molar-refractivity contribution in [2.75, 3.05) is 26.4 Å². The minimum atomic E-state index is 0.00374. The fourth-order valence-corrected chi connectivity index (χ4v) is 2.03. The van der Waals surface area contributed by atoms with Crippen molar-refractivity contribution in [1.82, 2.24) is 5.32 Å². The molecule has 17 heavy (non-hydrogen) atoms. The number of hydrogen-bond donors (Lipinski definition) is 2. The molecular weight excluding hydrogens is 218 g/mol. The molecule has 0 radical (unpaired) electrons. The lowest BCUT2D eigenvalue weighted by Gasteiger charge is -2.28. The summed E-state index contributed by atoms with van der Waals surface area (Å²) in [5.74, 6) is 0.0698. The highest BCUT2D eigenvalue weighted by molar-refractivity contribution is 5.86. The second-order valence-electron chi connectivity index (χ2n) is 4.08. The highest BCUT2D eigenvalue weighted by Crippen LogP contribution is 2.34. The molecule has 0 aromatic heterocycles. The summed E-state index contributed by atoms with van der Waals surface area (Å²) in [6.45, 7) is 1.28. The number of aliphatic hydroxyl groups is 1. The topological polar surface area (TPSA) is 58.6 Å². The molecule has 0 bridgehead atoms. The van der Waals surface area contributed by atoms with Crippen molar-refractivity contribution >= 4 is 5.91 Å². The Bertz CT molecular complexity index is 392. The van der Waals surface area contributed by atoms with Gasteiger partial charge in [-0.1, -0.05) is 24.3 Å². The summed E-state index contributed by atoms with van der Waals surface area (Å²) < 4.78 is 5.07. The number of ether oxygens (including phenoxy) is 1. The quantitative estimate of drug-likeness (QED) is 0.704. The predicted molar refractivity (Wildman–Crippen MR) is 63.8 cm³/mol. The summed E-state index contributed by atoms with van der Waals surface area (Å²) in [5, 5.41) is 11.3. The van der Waals surface area contributed by atoms with Gasteiger partial charge in [0.15, 0.2) is 0 Å². The molecule has 1 aromatic rings. The van der Waals surface area contributed by atoms with Gasteiger partial charge in [0.2, 0.25) is 5.91 Å². The van der Waals surface area contributed by atoms with Crippen LogP contribution in [0.3, 0.4) is 0 Å². The molecule has 2 rings (SSSR count). The van der Waals surface area contributed by atoms with E-state index in [2.05, 4.69) is 11.4 Å². The van der Waals surface area contributed by atoms with Crippen molar-refractivity contribution in [3.8, 4) is 0 Å². The Balaban J connectivity index is 1.72. The van der Waals surface area contributed by atoms with Gasteiger partial charge in [0.05, 0.1) is 25.7 Å². The van der Waals surface area contributed by atoms with E-state index in [1.165, 1.54) is 5.56 Å². The van der Waals surface area contributed by atoms with Crippen molar-refractivity contribution in [3.63, 3.8) is 0 Å². The fraction of sp³-hybridized carbons (Fsp3) is 0.462. The maximum Gasteiger partial charge on any atom is 0.227 e. The molecule has 0 fully saturated rings. The Hall–Kier alpha value is -1.39. The third-order valence-electron chi connectivity index (χ3n) is 2.95. The van der Waals surface area contributed by atoms with Crippen LogP contribution < -0.4 is 5.32 Å². The van der Waals surface area contributed by atoms with Crippen LogP contribution in [0.4, 0.5) is 0 Å². The number of aliphatic hydroxyl groups excluding tert-OH is 1. The number of nitrogens with one attached hydrogen (secondary N) is 1. The number of fused-ring (bicyclic) bond motifs is 1. The van der Waals surface area contributed by atoms with Gasteiger partial charge >= 0.3 is 0 Å². The minimum absolute atomic E-state index is 0.00374. The van der Waals surface area contributed by atoms with Crippen molar-refractivity contribution < 1.29 is 14.6 Å². The van der Waals surface area contributed by atoms with E-state index in [0.717, 1.165) is 12.0 Å². The largest absolute Gasteiger partial charge is 0.394 e.